The van der Waals surface area contributed by atoms with Gasteiger partial charge in [-0.3, -0.25) is 0 Å². The molecule has 2 fully saturated rings. The number of allylic oxidation sites excluding steroid dienone is 2. The van der Waals surface area contributed by atoms with E-state index in [4.69, 9.17) is 0 Å². The summed E-state index contributed by atoms with van der Waals surface area (Å²) in [7, 11) is 0. The molecule has 0 atom stereocenters. The largest absolute Gasteiger partial charge is 0.573 e. The van der Waals surface area contributed by atoms with Gasteiger partial charge in [0.2, 0.25) is 0 Å². The number of hydrogen-bond acceptors (Lipinski definition) is 1. The highest BCUT2D eigenvalue weighted by Gasteiger charge is 2.31. The van der Waals surface area contributed by atoms with Crippen LogP contribution in [0.4, 0.5) is 13.2 Å². The van der Waals surface area contributed by atoms with Crippen molar-refractivity contribution in [2.45, 2.75) is 77.0 Å². The third-order valence-electron chi connectivity index (χ3n) is 6.52. The van der Waals surface area contributed by atoms with Crippen molar-refractivity contribution < 1.29 is 17.9 Å². The van der Waals surface area contributed by atoms with Gasteiger partial charge in [-0.25, -0.2) is 0 Å². The molecule has 2 saturated carbocycles. The molecule has 4 heteroatoms. The van der Waals surface area contributed by atoms with Crippen molar-refractivity contribution in [1.29, 1.82) is 0 Å². The van der Waals surface area contributed by atoms with Crippen molar-refractivity contribution in [3.8, 4) is 17.6 Å². The maximum atomic E-state index is 12.3. The molecule has 0 bridgehead atoms. The van der Waals surface area contributed by atoms with Crippen LogP contribution in [0.1, 0.15) is 76.2 Å². The molecule has 158 valence electrons. The molecule has 0 N–H and O–H groups in total. The number of halogens is 3. The molecule has 1 aromatic carbocycles. The van der Waals surface area contributed by atoms with E-state index >= 15 is 0 Å². The second kappa shape index (κ2) is 10.2. The first-order valence-electron chi connectivity index (χ1n) is 11.0. The molecule has 1 aromatic rings. The van der Waals surface area contributed by atoms with E-state index in [1.54, 1.807) is 12.1 Å². The lowest BCUT2D eigenvalue weighted by Gasteiger charge is -2.26. The van der Waals surface area contributed by atoms with Gasteiger partial charge in [-0.15, -0.1) is 13.2 Å². The molecule has 2 aliphatic rings. The highest BCUT2D eigenvalue weighted by molar-refractivity contribution is 5.30. The molecule has 0 aliphatic heterocycles. The molecule has 0 amide bonds. The Labute approximate surface area is 172 Å². The summed E-state index contributed by atoms with van der Waals surface area (Å²) in [6.07, 6.45) is 10.5. The predicted octanol–water partition coefficient (Wildman–Crippen LogP) is 7.64. The fourth-order valence-electron chi connectivity index (χ4n) is 4.65. The first-order valence-corrected chi connectivity index (χ1v) is 11.0. The Hall–Kier alpha value is -1.89. The zero-order chi connectivity index (χ0) is 20.7. The van der Waals surface area contributed by atoms with Crippen LogP contribution in [-0.4, -0.2) is 6.36 Å². The minimum absolute atomic E-state index is 0.157. The Morgan fingerprint density at radius 1 is 0.966 bits per heavy atom. The SMILES string of the molecule is CCC1CCC(/C=C/C#CC2CCC(c3ccc(OC(F)(F)F)cc3)CC2)CC1. The molecule has 29 heavy (non-hydrogen) atoms. The Kier molecular flexibility index (Phi) is 7.70. The average molecular weight is 405 g/mol. The van der Waals surface area contributed by atoms with Crippen LogP contribution in [0.5, 0.6) is 5.75 Å². The second-order valence-electron chi connectivity index (χ2n) is 8.50. The van der Waals surface area contributed by atoms with Gasteiger partial charge < -0.3 is 4.74 Å². The highest BCUT2D eigenvalue weighted by Crippen LogP contribution is 2.36. The molecule has 3 rings (SSSR count). The number of hydrogen-bond donors (Lipinski definition) is 0. The lowest BCUT2D eigenvalue weighted by molar-refractivity contribution is -0.274. The van der Waals surface area contributed by atoms with Crippen LogP contribution in [0.3, 0.4) is 0 Å². The number of benzene rings is 1. The molecule has 1 nitrogen and oxygen atoms in total. The van der Waals surface area contributed by atoms with Gasteiger partial charge in [-0.05, 0) is 92.9 Å². The molecular formula is C25H31F3O. The normalized spacial score (nSPS) is 28.0. The second-order valence-corrected chi connectivity index (χ2v) is 8.50. The fourth-order valence-corrected chi connectivity index (χ4v) is 4.65. The van der Waals surface area contributed by atoms with Crippen molar-refractivity contribution >= 4 is 0 Å². The van der Waals surface area contributed by atoms with Crippen LogP contribution >= 0.6 is 0 Å². The third kappa shape index (κ3) is 7.14. The predicted molar refractivity (Wildman–Crippen MR) is 110 cm³/mol. The first-order chi connectivity index (χ1) is 13.9. The topological polar surface area (TPSA) is 9.23 Å². The Morgan fingerprint density at radius 3 is 2.21 bits per heavy atom. The Bertz CT molecular complexity index is 707. The van der Waals surface area contributed by atoms with E-state index in [9.17, 15) is 13.2 Å². The van der Waals surface area contributed by atoms with Crippen molar-refractivity contribution in [2.75, 3.05) is 0 Å². The van der Waals surface area contributed by atoms with Crippen LogP contribution in [0.2, 0.25) is 0 Å². The van der Waals surface area contributed by atoms with Crippen LogP contribution < -0.4 is 4.74 Å². The van der Waals surface area contributed by atoms with Crippen molar-refractivity contribution in [3.63, 3.8) is 0 Å². The van der Waals surface area contributed by atoms with E-state index in [2.05, 4.69) is 35.7 Å². The zero-order valence-corrected chi connectivity index (χ0v) is 17.2. The Morgan fingerprint density at radius 2 is 1.62 bits per heavy atom. The van der Waals surface area contributed by atoms with Gasteiger partial charge >= 0.3 is 6.36 Å². The van der Waals surface area contributed by atoms with Crippen molar-refractivity contribution in [2.24, 2.45) is 17.8 Å². The summed E-state index contributed by atoms with van der Waals surface area (Å²) in [5.41, 5.74) is 1.09. The van der Waals surface area contributed by atoms with Gasteiger partial charge in [0.15, 0.2) is 0 Å². The summed E-state index contributed by atoms with van der Waals surface area (Å²) in [4.78, 5) is 0. The van der Waals surface area contributed by atoms with E-state index in [1.165, 1.54) is 44.2 Å². The molecule has 0 aromatic heterocycles. The van der Waals surface area contributed by atoms with Crippen LogP contribution in [-0.2, 0) is 0 Å². The summed E-state index contributed by atoms with van der Waals surface area (Å²) in [6, 6.07) is 6.34. The van der Waals surface area contributed by atoms with Crippen LogP contribution in [0, 0.1) is 29.6 Å². The lowest BCUT2D eigenvalue weighted by atomic mass is 9.79. The molecule has 0 unspecified atom stereocenters. The van der Waals surface area contributed by atoms with E-state index in [-0.39, 0.29) is 5.75 Å². The number of ether oxygens (including phenoxy) is 1. The quantitative estimate of drug-likeness (QED) is 0.469. The maximum Gasteiger partial charge on any atom is 0.573 e. The van der Waals surface area contributed by atoms with Gasteiger partial charge in [0.25, 0.3) is 0 Å². The van der Waals surface area contributed by atoms with Gasteiger partial charge in [-0.2, -0.15) is 0 Å². The Balaban J connectivity index is 1.42. The average Bonchev–Trinajstić information content (AvgIpc) is 2.72. The van der Waals surface area contributed by atoms with Gasteiger partial charge in [0.05, 0.1) is 0 Å². The molecule has 0 saturated heterocycles. The van der Waals surface area contributed by atoms with E-state index in [0.717, 1.165) is 37.2 Å². The van der Waals surface area contributed by atoms with E-state index in [1.807, 2.05) is 0 Å². The number of rotatable bonds is 4. The molecular weight excluding hydrogens is 373 g/mol. The van der Waals surface area contributed by atoms with Gasteiger partial charge in [-0.1, -0.05) is 43.4 Å². The molecule has 0 spiro atoms. The third-order valence-corrected chi connectivity index (χ3v) is 6.52. The fraction of sp³-hybridized carbons (Fsp3) is 0.600. The monoisotopic (exact) mass is 404 g/mol. The summed E-state index contributed by atoms with van der Waals surface area (Å²) in [5.74, 6) is 8.96. The molecule has 2 aliphatic carbocycles. The highest BCUT2D eigenvalue weighted by atomic mass is 19.4. The van der Waals surface area contributed by atoms with Gasteiger partial charge in [0, 0.05) is 5.92 Å². The summed E-state index contributed by atoms with van der Waals surface area (Å²) in [6.45, 7) is 2.29. The summed E-state index contributed by atoms with van der Waals surface area (Å²) >= 11 is 0. The van der Waals surface area contributed by atoms with Crippen LogP contribution in [0.25, 0.3) is 0 Å². The van der Waals surface area contributed by atoms with Crippen LogP contribution in [0.15, 0.2) is 36.4 Å². The minimum Gasteiger partial charge on any atom is -0.406 e. The van der Waals surface area contributed by atoms with Crippen molar-refractivity contribution in [3.05, 3.63) is 42.0 Å². The van der Waals surface area contributed by atoms with E-state index in [0.29, 0.717) is 17.8 Å². The first kappa shape index (κ1) is 21.8. The number of alkyl halides is 3. The van der Waals surface area contributed by atoms with Gasteiger partial charge in [0.1, 0.15) is 5.75 Å². The van der Waals surface area contributed by atoms with Crippen molar-refractivity contribution in [1.82, 2.24) is 0 Å². The standard InChI is InChI=1S/C25H31F3O/c1-2-19-7-9-20(10-8-19)5-3-4-6-21-11-13-22(14-12-21)23-15-17-24(18-16-23)29-25(26,27)28/h3,5,15-22H,2,7-14H2,1H3/b5-3+. The molecule has 0 radical (unpaired) electrons. The maximum absolute atomic E-state index is 12.3. The minimum atomic E-state index is -4.64. The smallest absolute Gasteiger partial charge is 0.406 e. The lowest BCUT2D eigenvalue weighted by Crippen LogP contribution is -2.17. The summed E-state index contributed by atoms with van der Waals surface area (Å²) < 4.78 is 40.7. The zero-order valence-electron chi connectivity index (χ0n) is 17.2. The van der Waals surface area contributed by atoms with E-state index < -0.39 is 6.36 Å². The molecule has 0 heterocycles. The summed E-state index contributed by atoms with van der Waals surface area (Å²) in [5, 5.41) is 0.